The van der Waals surface area contributed by atoms with Crippen LogP contribution >= 0.6 is 0 Å². The third-order valence-corrected chi connectivity index (χ3v) is 4.47. The Morgan fingerprint density at radius 2 is 1.82 bits per heavy atom. The first kappa shape index (κ1) is 14.3. The molecule has 0 heterocycles. The molecule has 0 N–H and O–H groups in total. The quantitative estimate of drug-likeness (QED) is 0.619. The minimum absolute atomic E-state index is 0.996. The molecule has 1 aliphatic rings. The van der Waals surface area contributed by atoms with Crippen molar-refractivity contribution in [3.05, 3.63) is 96.1 Å². The number of benzene rings is 2. The lowest BCUT2D eigenvalue weighted by molar-refractivity contribution is 1.37. The van der Waals surface area contributed by atoms with Crippen molar-refractivity contribution in [2.45, 2.75) is 13.8 Å². The van der Waals surface area contributed by atoms with Crippen LogP contribution in [-0.4, -0.2) is 0 Å². The summed E-state index contributed by atoms with van der Waals surface area (Å²) in [6.45, 7) is 16.4. The van der Waals surface area contributed by atoms with E-state index >= 15 is 0 Å². The molecule has 1 aliphatic carbocycles. The summed E-state index contributed by atoms with van der Waals surface area (Å²) in [5.41, 5.74) is 8.32. The van der Waals surface area contributed by atoms with Gasteiger partial charge in [0.15, 0.2) is 0 Å². The fourth-order valence-corrected chi connectivity index (χ4v) is 3.22. The van der Waals surface area contributed by atoms with Crippen LogP contribution in [0.5, 0.6) is 0 Å². The first-order valence-electron chi connectivity index (χ1n) is 7.48. The zero-order valence-electron chi connectivity index (χ0n) is 13.2. The van der Waals surface area contributed by atoms with Crippen LogP contribution in [0.2, 0.25) is 0 Å². The monoisotopic (exact) mass is 284 g/mol. The van der Waals surface area contributed by atoms with Gasteiger partial charge in [-0.25, -0.2) is 0 Å². The fourth-order valence-electron chi connectivity index (χ4n) is 3.22. The molecule has 0 aliphatic heterocycles. The minimum atomic E-state index is 0.996. The van der Waals surface area contributed by atoms with Crippen molar-refractivity contribution >= 4 is 21.9 Å². The van der Waals surface area contributed by atoms with E-state index in [-0.39, 0.29) is 0 Å². The highest BCUT2D eigenvalue weighted by atomic mass is 14.2. The van der Waals surface area contributed by atoms with Crippen molar-refractivity contribution < 1.29 is 0 Å². The largest absolute Gasteiger partial charge is 0.0990 e. The summed E-state index contributed by atoms with van der Waals surface area (Å²) in [5.74, 6) is 0. The first-order valence-corrected chi connectivity index (χ1v) is 7.48. The minimum Gasteiger partial charge on any atom is -0.0990 e. The highest BCUT2D eigenvalue weighted by Gasteiger charge is 2.19. The smallest absolute Gasteiger partial charge is 0.00237 e. The SMILES string of the molecule is C=C/C=C1\C(=C)C=C(C=C)c2cccc3c(C)c(C)cc1c23. The van der Waals surface area contributed by atoms with Crippen molar-refractivity contribution in [1.29, 1.82) is 0 Å². The lowest BCUT2D eigenvalue weighted by Crippen LogP contribution is -1.94. The predicted molar refractivity (Wildman–Crippen MR) is 98.9 cm³/mol. The fraction of sp³-hybridized carbons (Fsp3) is 0.0909. The second-order valence-electron chi connectivity index (χ2n) is 5.74. The van der Waals surface area contributed by atoms with Crippen LogP contribution in [0.1, 0.15) is 22.3 Å². The molecule has 0 atom stereocenters. The summed E-state index contributed by atoms with van der Waals surface area (Å²) in [6.07, 6.45) is 7.90. The van der Waals surface area contributed by atoms with Gasteiger partial charge in [-0.05, 0) is 69.7 Å². The molecule has 0 unspecified atom stereocenters. The van der Waals surface area contributed by atoms with E-state index in [1.54, 1.807) is 0 Å². The van der Waals surface area contributed by atoms with Gasteiger partial charge in [0, 0.05) is 0 Å². The van der Waals surface area contributed by atoms with E-state index in [2.05, 4.69) is 63.9 Å². The number of hydrogen-bond acceptors (Lipinski definition) is 0. The van der Waals surface area contributed by atoms with Crippen LogP contribution < -0.4 is 0 Å². The van der Waals surface area contributed by atoms with Gasteiger partial charge in [-0.15, -0.1) is 0 Å². The third-order valence-electron chi connectivity index (χ3n) is 4.47. The molecule has 3 rings (SSSR count). The predicted octanol–water partition coefficient (Wildman–Crippen LogP) is 6.17. The Hall–Kier alpha value is -2.60. The zero-order valence-corrected chi connectivity index (χ0v) is 13.2. The zero-order chi connectivity index (χ0) is 15.9. The van der Waals surface area contributed by atoms with Crippen molar-refractivity contribution in [1.82, 2.24) is 0 Å². The summed E-state index contributed by atoms with van der Waals surface area (Å²) in [7, 11) is 0. The highest BCUT2D eigenvalue weighted by Crippen LogP contribution is 2.41. The maximum absolute atomic E-state index is 4.25. The molecule has 0 fully saturated rings. The van der Waals surface area contributed by atoms with E-state index in [0.717, 1.165) is 16.7 Å². The van der Waals surface area contributed by atoms with Gasteiger partial charge in [0.2, 0.25) is 0 Å². The molecule has 0 nitrogen and oxygen atoms in total. The second-order valence-corrected chi connectivity index (χ2v) is 5.74. The van der Waals surface area contributed by atoms with Crippen molar-refractivity contribution in [3.8, 4) is 0 Å². The molecule has 0 radical (unpaired) electrons. The van der Waals surface area contributed by atoms with E-state index in [9.17, 15) is 0 Å². The Kier molecular flexibility index (Phi) is 3.46. The molecule has 2 aromatic rings. The Labute approximate surface area is 132 Å². The van der Waals surface area contributed by atoms with Gasteiger partial charge in [0.05, 0.1) is 0 Å². The maximum Gasteiger partial charge on any atom is -0.00237 e. The summed E-state index contributed by atoms with van der Waals surface area (Å²) in [4.78, 5) is 0. The molecule has 108 valence electrons. The number of rotatable bonds is 2. The average molecular weight is 284 g/mol. The van der Waals surface area contributed by atoms with Crippen LogP contribution in [0.4, 0.5) is 0 Å². The second kappa shape index (κ2) is 5.31. The molecule has 22 heavy (non-hydrogen) atoms. The van der Waals surface area contributed by atoms with Gasteiger partial charge in [-0.1, -0.05) is 62.2 Å². The molecule has 0 heteroatoms. The standard InChI is InChI=1S/C22H20/c1-6-9-18-15(4)12-17(7-2)20-11-8-10-19-16(5)14(3)13-21(18)22(19)20/h6-13H,1-2,4H2,3,5H3/b18-9+. The Morgan fingerprint density at radius 1 is 1.05 bits per heavy atom. The third kappa shape index (κ3) is 2.00. The molecule has 2 aromatic carbocycles. The van der Waals surface area contributed by atoms with Crippen LogP contribution in [0.3, 0.4) is 0 Å². The Morgan fingerprint density at radius 3 is 2.50 bits per heavy atom. The van der Waals surface area contributed by atoms with Gasteiger partial charge in [-0.3, -0.25) is 0 Å². The van der Waals surface area contributed by atoms with Crippen LogP contribution in [0, 0.1) is 13.8 Å². The summed E-state index contributed by atoms with van der Waals surface area (Å²) in [6, 6.07) is 8.75. The molecular formula is C22H20. The van der Waals surface area contributed by atoms with Crippen LogP contribution in [0.25, 0.3) is 21.9 Å². The summed E-state index contributed by atoms with van der Waals surface area (Å²) < 4.78 is 0. The number of allylic oxidation sites excluding steroid dienone is 7. The van der Waals surface area contributed by atoms with Crippen molar-refractivity contribution in [3.63, 3.8) is 0 Å². The highest BCUT2D eigenvalue weighted by molar-refractivity contribution is 6.09. The number of aryl methyl sites for hydroxylation is 2. The normalized spacial score (nSPS) is 15.6. The molecule has 0 aromatic heterocycles. The van der Waals surface area contributed by atoms with Gasteiger partial charge in [-0.2, -0.15) is 0 Å². The number of hydrogen-bond donors (Lipinski definition) is 0. The van der Waals surface area contributed by atoms with Crippen molar-refractivity contribution in [2.75, 3.05) is 0 Å². The van der Waals surface area contributed by atoms with Crippen LogP contribution in [-0.2, 0) is 0 Å². The maximum atomic E-state index is 4.25. The van der Waals surface area contributed by atoms with Gasteiger partial charge in [0.1, 0.15) is 0 Å². The van der Waals surface area contributed by atoms with Gasteiger partial charge in [0.25, 0.3) is 0 Å². The van der Waals surface area contributed by atoms with E-state index in [1.165, 1.54) is 33.0 Å². The van der Waals surface area contributed by atoms with E-state index in [1.807, 2.05) is 18.2 Å². The molecule has 0 bridgehead atoms. The topological polar surface area (TPSA) is 0 Å². The van der Waals surface area contributed by atoms with Crippen LogP contribution in [0.15, 0.2) is 73.9 Å². The van der Waals surface area contributed by atoms with Gasteiger partial charge < -0.3 is 0 Å². The molecule has 0 saturated heterocycles. The molecule has 0 spiro atoms. The summed E-state index contributed by atoms with van der Waals surface area (Å²) >= 11 is 0. The van der Waals surface area contributed by atoms with E-state index in [4.69, 9.17) is 0 Å². The molecule has 0 amide bonds. The van der Waals surface area contributed by atoms with E-state index < -0.39 is 0 Å². The first-order chi connectivity index (χ1) is 10.6. The lowest BCUT2D eigenvalue weighted by Gasteiger charge is -2.15. The molecule has 0 saturated carbocycles. The average Bonchev–Trinajstić information content (AvgIpc) is 2.63. The Balaban J connectivity index is 2.59. The van der Waals surface area contributed by atoms with Gasteiger partial charge >= 0.3 is 0 Å². The van der Waals surface area contributed by atoms with Crippen molar-refractivity contribution in [2.24, 2.45) is 0 Å². The molecular weight excluding hydrogens is 264 g/mol. The van der Waals surface area contributed by atoms with E-state index in [0.29, 0.717) is 0 Å². The Bertz CT molecular complexity index is 886. The summed E-state index contributed by atoms with van der Waals surface area (Å²) in [5, 5.41) is 2.58. The lowest BCUT2D eigenvalue weighted by atomic mass is 9.88.